The lowest BCUT2D eigenvalue weighted by Gasteiger charge is -2.31. The first-order chi connectivity index (χ1) is 13.3. The minimum Gasteiger partial charge on any atom is -0.481 e. The van der Waals surface area contributed by atoms with Crippen molar-refractivity contribution in [1.29, 1.82) is 5.26 Å². The number of aromatic nitrogens is 1. The van der Waals surface area contributed by atoms with Crippen LogP contribution in [-0.4, -0.2) is 22.6 Å². The highest BCUT2D eigenvalue weighted by molar-refractivity contribution is 6.29. The van der Waals surface area contributed by atoms with E-state index in [-0.39, 0.29) is 12.2 Å². The summed E-state index contributed by atoms with van der Waals surface area (Å²) in [5, 5.41) is 19.0. The molecule has 3 rings (SSSR count). The zero-order valence-electron chi connectivity index (χ0n) is 15.8. The Morgan fingerprint density at radius 2 is 2.25 bits per heavy atom. The largest absolute Gasteiger partial charge is 0.481 e. The molecule has 1 aliphatic rings. The van der Waals surface area contributed by atoms with E-state index in [1.807, 2.05) is 17.9 Å². The van der Waals surface area contributed by atoms with E-state index in [4.69, 9.17) is 11.6 Å². The fourth-order valence-electron chi connectivity index (χ4n) is 3.65. The molecule has 0 fully saturated rings. The lowest BCUT2D eigenvalue weighted by atomic mass is 9.91. The Morgan fingerprint density at radius 3 is 2.89 bits per heavy atom. The topological polar surface area (TPSA) is 77.2 Å². The Kier molecular flexibility index (Phi) is 5.85. The van der Waals surface area contributed by atoms with Crippen LogP contribution in [0, 0.1) is 30.0 Å². The molecule has 1 unspecified atom stereocenters. The Morgan fingerprint density at radius 1 is 1.50 bits per heavy atom. The van der Waals surface area contributed by atoms with E-state index in [0.717, 1.165) is 11.1 Å². The third kappa shape index (κ3) is 3.81. The summed E-state index contributed by atoms with van der Waals surface area (Å²) in [7, 11) is 0. The molecule has 1 aromatic heterocycles. The normalized spacial score (nSPS) is 14.3. The van der Waals surface area contributed by atoms with Crippen LogP contribution in [0.3, 0.4) is 0 Å². The van der Waals surface area contributed by atoms with Gasteiger partial charge in [0.1, 0.15) is 22.9 Å². The number of nitriles is 1. The molecule has 146 valence electrons. The molecule has 1 aromatic carbocycles. The van der Waals surface area contributed by atoms with Crippen LogP contribution >= 0.6 is 11.6 Å². The predicted octanol–water partition coefficient (Wildman–Crippen LogP) is 4.27. The average molecular weight is 402 g/mol. The minimum atomic E-state index is -0.905. The molecule has 0 bridgehead atoms. The maximum absolute atomic E-state index is 15.0. The van der Waals surface area contributed by atoms with Crippen LogP contribution < -0.4 is 4.90 Å². The Hall–Kier alpha value is -2.65. The molecule has 1 aliphatic heterocycles. The van der Waals surface area contributed by atoms with Crippen molar-refractivity contribution in [3.63, 3.8) is 0 Å². The van der Waals surface area contributed by atoms with Crippen molar-refractivity contribution in [3.8, 4) is 6.07 Å². The molecule has 1 atom stereocenters. The van der Waals surface area contributed by atoms with Gasteiger partial charge in [0.25, 0.3) is 0 Å². The zero-order chi connectivity index (χ0) is 20.4. The number of pyridine rings is 1. The van der Waals surface area contributed by atoms with Crippen molar-refractivity contribution in [2.24, 2.45) is 5.92 Å². The van der Waals surface area contributed by atoms with Gasteiger partial charge in [0.05, 0.1) is 11.5 Å². The van der Waals surface area contributed by atoms with Crippen LogP contribution in [0.5, 0.6) is 0 Å². The molecule has 0 radical (unpaired) electrons. The van der Waals surface area contributed by atoms with E-state index in [0.29, 0.717) is 53.6 Å². The number of nitrogens with zero attached hydrogens (tertiary/aromatic N) is 3. The first-order valence-corrected chi connectivity index (χ1v) is 9.57. The monoisotopic (exact) mass is 401 g/mol. The summed E-state index contributed by atoms with van der Waals surface area (Å²) in [6.07, 6.45) is 1.09. The predicted molar refractivity (Wildman–Crippen MR) is 105 cm³/mol. The van der Waals surface area contributed by atoms with Crippen LogP contribution in [-0.2, 0) is 24.2 Å². The maximum Gasteiger partial charge on any atom is 0.306 e. The van der Waals surface area contributed by atoms with Gasteiger partial charge in [-0.15, -0.1) is 0 Å². The van der Waals surface area contributed by atoms with Gasteiger partial charge in [0.15, 0.2) is 0 Å². The number of anilines is 1. The third-order valence-electron chi connectivity index (χ3n) is 5.30. The summed E-state index contributed by atoms with van der Waals surface area (Å²) in [5.74, 6) is -1.30. The van der Waals surface area contributed by atoms with Gasteiger partial charge >= 0.3 is 5.97 Å². The van der Waals surface area contributed by atoms with Crippen molar-refractivity contribution in [3.05, 3.63) is 57.0 Å². The molecule has 2 heterocycles. The first kappa shape index (κ1) is 20.1. The highest BCUT2D eigenvalue weighted by Crippen LogP contribution is 2.31. The molecule has 0 saturated heterocycles. The number of hydrogen-bond acceptors (Lipinski definition) is 4. The molecule has 1 N–H and O–H groups in total. The number of benzene rings is 1. The quantitative estimate of drug-likeness (QED) is 0.757. The number of rotatable bonds is 5. The second-order valence-corrected chi connectivity index (χ2v) is 7.45. The van der Waals surface area contributed by atoms with Gasteiger partial charge in [0, 0.05) is 13.1 Å². The van der Waals surface area contributed by atoms with E-state index in [1.165, 1.54) is 0 Å². The number of hydrogen-bond donors (Lipinski definition) is 1. The number of halogens is 2. The molecule has 0 spiro atoms. The van der Waals surface area contributed by atoms with Gasteiger partial charge in [-0.05, 0) is 54.5 Å². The maximum atomic E-state index is 15.0. The Bertz CT molecular complexity index is 971. The summed E-state index contributed by atoms with van der Waals surface area (Å²) >= 11 is 6.08. The van der Waals surface area contributed by atoms with Crippen molar-refractivity contribution >= 4 is 23.4 Å². The lowest BCUT2D eigenvalue weighted by molar-refractivity contribution is -0.141. The molecule has 5 nitrogen and oxygen atoms in total. The van der Waals surface area contributed by atoms with Crippen molar-refractivity contribution < 1.29 is 14.3 Å². The summed E-state index contributed by atoms with van der Waals surface area (Å²) < 4.78 is 15.0. The number of aliphatic carboxylic acids is 1. The van der Waals surface area contributed by atoms with Gasteiger partial charge < -0.3 is 10.0 Å². The van der Waals surface area contributed by atoms with Crippen LogP contribution in [0.2, 0.25) is 5.15 Å². The van der Waals surface area contributed by atoms with Crippen LogP contribution in [0.15, 0.2) is 18.2 Å². The number of carboxylic acid groups (broad SMARTS) is 1. The van der Waals surface area contributed by atoms with E-state index < -0.39 is 11.9 Å². The fraction of sp³-hybridized carbons (Fsp3) is 0.381. The molecule has 0 amide bonds. The van der Waals surface area contributed by atoms with Crippen molar-refractivity contribution in [2.75, 3.05) is 11.4 Å². The zero-order valence-corrected chi connectivity index (χ0v) is 16.6. The number of fused-ring (bicyclic) bond motifs is 1. The van der Waals surface area contributed by atoms with E-state index in [9.17, 15) is 15.2 Å². The Balaban J connectivity index is 1.91. The molecule has 7 heteroatoms. The number of carbonyl (C=O) groups is 1. The van der Waals surface area contributed by atoms with E-state index in [1.54, 1.807) is 19.1 Å². The SMILES string of the molecule is CCC(Cc1ccc2c(c1F)CCN(c1nc(Cl)cc(C)c1C#N)C2)C(=O)O. The van der Waals surface area contributed by atoms with Crippen molar-refractivity contribution in [1.82, 2.24) is 4.98 Å². The van der Waals surface area contributed by atoms with E-state index in [2.05, 4.69) is 11.1 Å². The molecular weight excluding hydrogens is 381 g/mol. The average Bonchev–Trinajstić information content (AvgIpc) is 2.66. The highest BCUT2D eigenvalue weighted by Gasteiger charge is 2.26. The van der Waals surface area contributed by atoms with Crippen molar-refractivity contribution in [2.45, 2.75) is 39.7 Å². The summed E-state index contributed by atoms with van der Waals surface area (Å²) in [6.45, 7) is 4.53. The van der Waals surface area contributed by atoms with Gasteiger partial charge in [0.2, 0.25) is 0 Å². The van der Waals surface area contributed by atoms with Crippen LogP contribution in [0.4, 0.5) is 10.2 Å². The fourth-order valence-corrected chi connectivity index (χ4v) is 3.90. The summed E-state index contributed by atoms with van der Waals surface area (Å²) in [4.78, 5) is 17.5. The molecular formula is C21H21ClFN3O2. The second-order valence-electron chi connectivity index (χ2n) is 7.07. The molecule has 28 heavy (non-hydrogen) atoms. The Labute approximate surface area is 168 Å². The molecule has 2 aromatic rings. The number of carboxylic acids is 1. The second kappa shape index (κ2) is 8.15. The smallest absolute Gasteiger partial charge is 0.306 e. The van der Waals surface area contributed by atoms with Gasteiger partial charge in [-0.25, -0.2) is 9.37 Å². The van der Waals surface area contributed by atoms with E-state index >= 15 is 4.39 Å². The standard InChI is InChI=1S/C21H21ClFN3O2/c1-3-13(21(27)28)9-14-4-5-15-11-26(7-6-16(15)19(14)23)20-17(10-24)12(2)8-18(22)25-20/h4-5,8,13H,3,6-7,9,11H2,1-2H3,(H,27,28). The molecule has 0 saturated carbocycles. The summed E-state index contributed by atoms with van der Waals surface area (Å²) in [5.41, 5.74) is 3.10. The highest BCUT2D eigenvalue weighted by atomic mass is 35.5. The van der Waals surface area contributed by atoms with Gasteiger partial charge in [-0.3, -0.25) is 4.79 Å². The van der Waals surface area contributed by atoms with Gasteiger partial charge in [-0.2, -0.15) is 5.26 Å². The number of aryl methyl sites for hydroxylation is 1. The van der Waals surface area contributed by atoms with Gasteiger partial charge in [-0.1, -0.05) is 30.7 Å². The lowest BCUT2D eigenvalue weighted by Crippen LogP contribution is -2.32. The molecule has 0 aliphatic carbocycles. The minimum absolute atomic E-state index is 0.183. The first-order valence-electron chi connectivity index (χ1n) is 9.19. The third-order valence-corrected chi connectivity index (χ3v) is 5.49. The van der Waals surface area contributed by atoms with Crippen LogP contribution in [0.1, 0.15) is 41.2 Å². The van der Waals surface area contributed by atoms with Crippen LogP contribution in [0.25, 0.3) is 0 Å². The summed E-state index contributed by atoms with van der Waals surface area (Å²) in [6, 6.07) is 7.35.